The van der Waals surface area contributed by atoms with Crippen molar-refractivity contribution in [2.75, 3.05) is 6.26 Å². The highest BCUT2D eigenvalue weighted by molar-refractivity contribution is 7.98. The predicted molar refractivity (Wildman–Crippen MR) is 65.4 cm³/mol. The largest absolute Gasteiger partial charge is 0.485 e. The monoisotopic (exact) mass is 239 g/mol. The van der Waals surface area contributed by atoms with Gasteiger partial charge in [-0.25, -0.2) is 4.98 Å². The molecule has 0 aromatic carbocycles. The lowest BCUT2D eigenvalue weighted by atomic mass is 10.4. The molecule has 0 atom stereocenters. The summed E-state index contributed by atoms with van der Waals surface area (Å²) >= 11 is 1.61. The molecule has 0 bridgehead atoms. The van der Waals surface area contributed by atoms with Gasteiger partial charge in [0.15, 0.2) is 5.75 Å². The van der Waals surface area contributed by atoms with Gasteiger partial charge in [0.2, 0.25) is 0 Å². The van der Waals surface area contributed by atoms with Crippen LogP contribution in [0.5, 0.6) is 11.6 Å². The number of hydrogen-bond acceptors (Lipinski definition) is 4. The summed E-state index contributed by atoms with van der Waals surface area (Å²) in [5, 5.41) is 0.957. The number of rotatable bonds is 5. The van der Waals surface area contributed by atoms with Crippen molar-refractivity contribution in [2.24, 2.45) is 0 Å². The summed E-state index contributed by atoms with van der Waals surface area (Å²) in [5.74, 6) is 1.39. The van der Waals surface area contributed by atoms with Gasteiger partial charge in [0, 0.05) is 0 Å². The Morgan fingerprint density at radius 3 is 2.69 bits per heavy atom. The minimum absolute atomic E-state index is 0.117. The quantitative estimate of drug-likeness (QED) is 0.739. The molecule has 1 aromatic rings. The van der Waals surface area contributed by atoms with Crippen LogP contribution in [0.2, 0.25) is 0 Å². The maximum atomic E-state index is 5.76. The number of thioether (sulfide) groups is 1. The molecule has 1 aromatic heterocycles. The van der Waals surface area contributed by atoms with Crippen molar-refractivity contribution in [3.8, 4) is 11.6 Å². The van der Waals surface area contributed by atoms with E-state index in [1.165, 1.54) is 0 Å². The zero-order valence-electron chi connectivity index (χ0n) is 9.90. The molecule has 0 radical (unpaired) electrons. The lowest BCUT2D eigenvalue weighted by molar-refractivity contribution is 0.207. The van der Waals surface area contributed by atoms with E-state index in [4.69, 9.17) is 9.47 Å². The van der Waals surface area contributed by atoms with Gasteiger partial charge in [-0.1, -0.05) is 0 Å². The molecule has 2 rings (SSSR count). The Labute approximate surface area is 101 Å². The average Bonchev–Trinajstić information content (AvgIpc) is 3.03. The zero-order chi connectivity index (χ0) is 11.5. The summed E-state index contributed by atoms with van der Waals surface area (Å²) in [6.07, 6.45) is 4.78. The Balaban J connectivity index is 2.18. The van der Waals surface area contributed by atoms with Crippen LogP contribution in [0, 0.1) is 0 Å². The summed E-state index contributed by atoms with van der Waals surface area (Å²) in [7, 11) is 0. The molecule has 1 aliphatic carbocycles. The van der Waals surface area contributed by atoms with Crippen LogP contribution >= 0.6 is 11.8 Å². The third kappa shape index (κ3) is 3.04. The van der Waals surface area contributed by atoms with Crippen molar-refractivity contribution in [2.45, 2.75) is 43.9 Å². The zero-order valence-corrected chi connectivity index (χ0v) is 10.7. The van der Waals surface area contributed by atoms with E-state index in [-0.39, 0.29) is 6.10 Å². The van der Waals surface area contributed by atoms with E-state index in [1.54, 1.807) is 11.8 Å². The number of ether oxygens (including phenoxy) is 2. The summed E-state index contributed by atoms with van der Waals surface area (Å²) in [4.78, 5) is 4.43. The van der Waals surface area contributed by atoms with Gasteiger partial charge in [-0.2, -0.15) is 0 Å². The van der Waals surface area contributed by atoms with E-state index in [0.717, 1.165) is 23.6 Å². The molecule has 1 heterocycles. The highest BCUT2D eigenvalue weighted by atomic mass is 32.2. The Morgan fingerprint density at radius 1 is 1.38 bits per heavy atom. The fourth-order valence-electron chi connectivity index (χ4n) is 1.29. The lowest BCUT2D eigenvalue weighted by Crippen LogP contribution is -2.09. The van der Waals surface area contributed by atoms with Crippen LogP contribution in [0.3, 0.4) is 0 Å². The Morgan fingerprint density at radius 2 is 2.12 bits per heavy atom. The SMILES string of the molecule is CSc1ccc(OC2CC2)c(OC(C)C)n1. The fourth-order valence-corrected chi connectivity index (χ4v) is 1.67. The number of nitrogens with zero attached hydrogens (tertiary/aromatic N) is 1. The normalized spacial score (nSPS) is 15.2. The molecular formula is C12H17NO2S. The molecule has 0 saturated heterocycles. The van der Waals surface area contributed by atoms with Gasteiger partial charge >= 0.3 is 0 Å². The highest BCUT2D eigenvalue weighted by Crippen LogP contribution is 2.34. The molecule has 4 heteroatoms. The first-order valence-electron chi connectivity index (χ1n) is 5.57. The molecule has 88 valence electrons. The van der Waals surface area contributed by atoms with Gasteiger partial charge < -0.3 is 9.47 Å². The first kappa shape index (κ1) is 11.6. The molecule has 3 nitrogen and oxygen atoms in total. The molecule has 1 fully saturated rings. The lowest BCUT2D eigenvalue weighted by Gasteiger charge is -2.14. The topological polar surface area (TPSA) is 31.4 Å². The van der Waals surface area contributed by atoms with Crippen molar-refractivity contribution < 1.29 is 9.47 Å². The van der Waals surface area contributed by atoms with Crippen LogP contribution in [-0.2, 0) is 0 Å². The van der Waals surface area contributed by atoms with Gasteiger partial charge in [0.05, 0.1) is 12.2 Å². The smallest absolute Gasteiger partial charge is 0.258 e. The van der Waals surface area contributed by atoms with E-state index in [1.807, 2.05) is 32.2 Å². The first-order chi connectivity index (χ1) is 7.69. The van der Waals surface area contributed by atoms with Gasteiger partial charge in [0.1, 0.15) is 5.03 Å². The van der Waals surface area contributed by atoms with Crippen LogP contribution in [0.4, 0.5) is 0 Å². The average molecular weight is 239 g/mol. The van der Waals surface area contributed by atoms with Crippen LogP contribution in [0.15, 0.2) is 17.2 Å². The molecule has 0 N–H and O–H groups in total. The second kappa shape index (κ2) is 4.95. The molecular weight excluding hydrogens is 222 g/mol. The number of hydrogen-bond donors (Lipinski definition) is 0. The summed E-state index contributed by atoms with van der Waals surface area (Å²) in [6.45, 7) is 3.99. The second-order valence-electron chi connectivity index (χ2n) is 4.14. The Bertz CT molecular complexity index is 364. The minimum atomic E-state index is 0.117. The van der Waals surface area contributed by atoms with E-state index < -0.39 is 0 Å². The molecule has 0 amide bonds. The molecule has 0 unspecified atom stereocenters. The van der Waals surface area contributed by atoms with E-state index in [2.05, 4.69) is 4.98 Å². The standard InChI is InChI=1S/C12H17NO2S/c1-8(2)14-12-10(15-9-4-5-9)6-7-11(13-12)16-3/h6-9H,4-5H2,1-3H3. The number of pyridine rings is 1. The van der Waals surface area contributed by atoms with Crippen LogP contribution in [-0.4, -0.2) is 23.4 Å². The molecule has 1 aliphatic rings. The minimum Gasteiger partial charge on any atom is -0.485 e. The van der Waals surface area contributed by atoms with Gasteiger partial charge in [-0.3, -0.25) is 0 Å². The third-order valence-electron chi connectivity index (χ3n) is 2.17. The fraction of sp³-hybridized carbons (Fsp3) is 0.583. The van der Waals surface area contributed by atoms with Crippen molar-refractivity contribution in [1.82, 2.24) is 4.98 Å². The Kier molecular flexibility index (Phi) is 3.59. The molecule has 0 spiro atoms. The maximum Gasteiger partial charge on any atom is 0.258 e. The van der Waals surface area contributed by atoms with Crippen molar-refractivity contribution in [1.29, 1.82) is 0 Å². The van der Waals surface area contributed by atoms with Crippen LogP contribution in [0.1, 0.15) is 26.7 Å². The van der Waals surface area contributed by atoms with E-state index >= 15 is 0 Å². The van der Waals surface area contributed by atoms with E-state index in [9.17, 15) is 0 Å². The van der Waals surface area contributed by atoms with Gasteiger partial charge in [0.25, 0.3) is 5.88 Å². The van der Waals surface area contributed by atoms with E-state index in [0.29, 0.717) is 12.0 Å². The maximum absolute atomic E-state index is 5.76. The summed E-state index contributed by atoms with van der Waals surface area (Å²) in [5.41, 5.74) is 0. The second-order valence-corrected chi connectivity index (χ2v) is 4.97. The third-order valence-corrected chi connectivity index (χ3v) is 2.82. The number of aromatic nitrogens is 1. The highest BCUT2D eigenvalue weighted by Gasteiger charge is 2.25. The molecule has 16 heavy (non-hydrogen) atoms. The summed E-state index contributed by atoms with van der Waals surface area (Å²) < 4.78 is 11.4. The summed E-state index contributed by atoms with van der Waals surface area (Å²) in [6, 6.07) is 3.92. The van der Waals surface area contributed by atoms with Gasteiger partial charge in [-0.05, 0) is 45.1 Å². The van der Waals surface area contributed by atoms with Crippen molar-refractivity contribution in [3.63, 3.8) is 0 Å². The van der Waals surface area contributed by atoms with Crippen molar-refractivity contribution in [3.05, 3.63) is 12.1 Å². The van der Waals surface area contributed by atoms with Crippen molar-refractivity contribution >= 4 is 11.8 Å². The van der Waals surface area contributed by atoms with Crippen LogP contribution < -0.4 is 9.47 Å². The molecule has 1 saturated carbocycles. The first-order valence-corrected chi connectivity index (χ1v) is 6.80. The predicted octanol–water partition coefficient (Wildman–Crippen LogP) is 3.13. The van der Waals surface area contributed by atoms with Gasteiger partial charge in [-0.15, -0.1) is 11.8 Å². The Hall–Kier alpha value is -0.900. The van der Waals surface area contributed by atoms with Crippen LogP contribution in [0.25, 0.3) is 0 Å². The molecule has 0 aliphatic heterocycles.